The maximum atomic E-state index is 12.2. The van der Waals surface area contributed by atoms with Gasteiger partial charge >= 0.3 is 0 Å². The molecule has 1 aliphatic rings. The third-order valence-corrected chi connectivity index (χ3v) is 6.67. The normalized spacial score (nSPS) is 17.1. The predicted octanol–water partition coefficient (Wildman–Crippen LogP) is 1.58. The van der Waals surface area contributed by atoms with Crippen molar-refractivity contribution in [3.05, 3.63) is 42.4 Å². The Morgan fingerprint density at radius 2 is 1.89 bits per heavy atom. The molecule has 1 aliphatic heterocycles. The van der Waals surface area contributed by atoms with Crippen LogP contribution in [0, 0.1) is 0 Å². The van der Waals surface area contributed by atoms with E-state index in [1.54, 1.807) is 6.26 Å². The van der Waals surface area contributed by atoms with Gasteiger partial charge in [-0.2, -0.15) is 0 Å². The standard InChI is InChI=1S/C17H23N3O5S2/c1-26(21,22)17-11-13(27(18,23)24)6-7-14(17)19-12-15(16-5-4-10-25-16)20-8-2-3-9-20/h4-7,10-11,15,19H,2-3,8-9,12H2,1H3,(H2,18,23,24). The van der Waals surface area contributed by atoms with Gasteiger partial charge in [-0.25, -0.2) is 22.0 Å². The molecular formula is C17H23N3O5S2. The molecule has 0 aliphatic carbocycles. The number of rotatable bonds is 7. The van der Waals surface area contributed by atoms with Crippen LogP contribution < -0.4 is 10.5 Å². The molecule has 10 heteroatoms. The van der Waals surface area contributed by atoms with Crippen LogP contribution in [0.15, 0.2) is 50.8 Å². The highest BCUT2D eigenvalue weighted by atomic mass is 32.2. The summed E-state index contributed by atoms with van der Waals surface area (Å²) >= 11 is 0. The molecule has 1 atom stereocenters. The van der Waals surface area contributed by atoms with Gasteiger partial charge in [-0.15, -0.1) is 0 Å². The molecule has 148 valence electrons. The molecule has 0 radical (unpaired) electrons. The average Bonchev–Trinajstić information content (AvgIpc) is 3.27. The monoisotopic (exact) mass is 413 g/mol. The quantitative estimate of drug-likeness (QED) is 0.706. The summed E-state index contributed by atoms with van der Waals surface area (Å²) in [5, 5.41) is 8.27. The Morgan fingerprint density at radius 1 is 1.19 bits per heavy atom. The van der Waals surface area contributed by atoms with Crippen LogP contribution in [0.5, 0.6) is 0 Å². The third kappa shape index (κ3) is 4.70. The summed E-state index contributed by atoms with van der Waals surface area (Å²) in [6.07, 6.45) is 4.86. The summed E-state index contributed by atoms with van der Waals surface area (Å²) in [5.41, 5.74) is 0.334. The minimum absolute atomic E-state index is 0.0483. The predicted molar refractivity (Wildman–Crippen MR) is 102 cm³/mol. The number of benzene rings is 1. The largest absolute Gasteiger partial charge is 0.468 e. The lowest BCUT2D eigenvalue weighted by Crippen LogP contribution is -2.31. The molecule has 3 N–H and O–H groups in total. The van der Waals surface area contributed by atoms with Crippen molar-refractivity contribution in [2.75, 3.05) is 31.2 Å². The van der Waals surface area contributed by atoms with E-state index in [0.717, 1.165) is 44.0 Å². The molecule has 1 saturated heterocycles. The minimum atomic E-state index is -4.00. The van der Waals surface area contributed by atoms with Crippen molar-refractivity contribution in [2.24, 2.45) is 5.14 Å². The molecular weight excluding hydrogens is 390 g/mol. The van der Waals surface area contributed by atoms with Crippen molar-refractivity contribution in [3.8, 4) is 0 Å². The minimum Gasteiger partial charge on any atom is -0.468 e. The van der Waals surface area contributed by atoms with Crippen LogP contribution in [-0.4, -0.2) is 47.6 Å². The molecule has 3 rings (SSSR count). The van der Waals surface area contributed by atoms with Crippen LogP contribution in [-0.2, 0) is 19.9 Å². The number of nitrogens with zero attached hydrogens (tertiary/aromatic N) is 1. The first-order valence-electron chi connectivity index (χ1n) is 8.54. The smallest absolute Gasteiger partial charge is 0.238 e. The number of sulfonamides is 1. The van der Waals surface area contributed by atoms with Gasteiger partial charge in [-0.05, 0) is 56.3 Å². The highest BCUT2D eigenvalue weighted by Crippen LogP contribution is 2.29. The second-order valence-electron chi connectivity index (χ2n) is 6.63. The number of nitrogens with two attached hydrogens (primary N) is 1. The van der Waals surface area contributed by atoms with E-state index in [4.69, 9.17) is 9.56 Å². The van der Waals surface area contributed by atoms with Gasteiger partial charge in [-0.3, -0.25) is 4.90 Å². The van der Waals surface area contributed by atoms with Gasteiger partial charge in [0.1, 0.15) is 5.76 Å². The van der Waals surface area contributed by atoms with Gasteiger partial charge in [0.2, 0.25) is 10.0 Å². The lowest BCUT2D eigenvalue weighted by Gasteiger charge is -2.26. The lowest BCUT2D eigenvalue weighted by atomic mass is 10.2. The number of likely N-dealkylation sites (tertiary alicyclic amines) is 1. The fourth-order valence-corrected chi connectivity index (χ4v) is 4.78. The third-order valence-electron chi connectivity index (χ3n) is 4.62. The fraction of sp³-hybridized carbons (Fsp3) is 0.412. The Labute approximate surface area is 159 Å². The van der Waals surface area contributed by atoms with Gasteiger partial charge < -0.3 is 9.73 Å². The van der Waals surface area contributed by atoms with Crippen molar-refractivity contribution in [3.63, 3.8) is 0 Å². The van der Waals surface area contributed by atoms with E-state index in [1.165, 1.54) is 12.1 Å². The molecule has 8 nitrogen and oxygen atoms in total. The van der Waals surface area contributed by atoms with Gasteiger partial charge in [0.25, 0.3) is 0 Å². The topological polar surface area (TPSA) is 123 Å². The molecule has 1 aromatic heterocycles. The molecule has 0 amide bonds. The van der Waals surface area contributed by atoms with Crippen molar-refractivity contribution in [1.29, 1.82) is 0 Å². The molecule has 0 bridgehead atoms. The zero-order valence-corrected chi connectivity index (χ0v) is 16.6. The van der Waals surface area contributed by atoms with E-state index >= 15 is 0 Å². The molecule has 0 saturated carbocycles. The van der Waals surface area contributed by atoms with Crippen molar-refractivity contribution < 1.29 is 21.3 Å². The van der Waals surface area contributed by atoms with Crippen molar-refractivity contribution in [1.82, 2.24) is 4.90 Å². The van der Waals surface area contributed by atoms with E-state index in [-0.39, 0.29) is 15.8 Å². The molecule has 2 heterocycles. The maximum Gasteiger partial charge on any atom is 0.238 e. The number of furan rings is 1. The summed E-state index contributed by atoms with van der Waals surface area (Å²) < 4.78 is 53.0. The summed E-state index contributed by atoms with van der Waals surface area (Å²) in [7, 11) is -7.65. The average molecular weight is 414 g/mol. The molecule has 1 aromatic carbocycles. The van der Waals surface area contributed by atoms with E-state index in [2.05, 4.69) is 10.2 Å². The highest BCUT2D eigenvalue weighted by Gasteiger charge is 2.26. The highest BCUT2D eigenvalue weighted by molar-refractivity contribution is 7.91. The lowest BCUT2D eigenvalue weighted by molar-refractivity contribution is 0.225. The van der Waals surface area contributed by atoms with E-state index < -0.39 is 19.9 Å². The first kappa shape index (κ1) is 19.9. The summed E-state index contributed by atoms with van der Waals surface area (Å²) in [5.74, 6) is 0.798. The van der Waals surface area contributed by atoms with Crippen LogP contribution in [0.4, 0.5) is 5.69 Å². The Morgan fingerprint density at radius 3 is 2.44 bits per heavy atom. The van der Waals surface area contributed by atoms with E-state index in [0.29, 0.717) is 12.2 Å². The maximum absolute atomic E-state index is 12.2. The Bertz CT molecular complexity index is 995. The first-order chi connectivity index (χ1) is 12.7. The molecule has 1 unspecified atom stereocenters. The van der Waals surface area contributed by atoms with Gasteiger partial charge in [0.15, 0.2) is 9.84 Å². The van der Waals surface area contributed by atoms with Crippen LogP contribution in [0.25, 0.3) is 0 Å². The fourth-order valence-electron chi connectivity index (χ4n) is 3.28. The zero-order valence-electron chi connectivity index (χ0n) is 15.0. The SMILES string of the molecule is CS(=O)(=O)c1cc(S(N)(=O)=O)ccc1NCC(c1ccco1)N1CCCC1. The van der Waals surface area contributed by atoms with Crippen LogP contribution >= 0.6 is 0 Å². The number of hydrogen-bond acceptors (Lipinski definition) is 7. The number of anilines is 1. The first-order valence-corrected chi connectivity index (χ1v) is 12.0. The van der Waals surface area contributed by atoms with Crippen LogP contribution in [0.2, 0.25) is 0 Å². The van der Waals surface area contributed by atoms with Crippen molar-refractivity contribution in [2.45, 2.75) is 28.7 Å². The van der Waals surface area contributed by atoms with Crippen molar-refractivity contribution >= 4 is 25.5 Å². The second-order valence-corrected chi connectivity index (χ2v) is 10.2. The van der Waals surface area contributed by atoms with E-state index in [1.807, 2.05) is 12.1 Å². The van der Waals surface area contributed by atoms with Gasteiger partial charge in [0.05, 0.1) is 27.8 Å². The summed E-state index contributed by atoms with van der Waals surface area (Å²) in [6, 6.07) is 7.48. The Hall–Kier alpha value is -1.88. The van der Waals surface area contributed by atoms with E-state index in [9.17, 15) is 16.8 Å². The zero-order chi connectivity index (χ0) is 19.7. The Kier molecular flexibility index (Phi) is 5.61. The summed E-state index contributed by atoms with van der Waals surface area (Å²) in [4.78, 5) is 1.94. The Balaban J connectivity index is 1.89. The summed E-state index contributed by atoms with van der Waals surface area (Å²) in [6.45, 7) is 2.30. The van der Waals surface area contributed by atoms with Gasteiger partial charge in [0, 0.05) is 12.8 Å². The molecule has 27 heavy (non-hydrogen) atoms. The number of primary sulfonamides is 1. The van der Waals surface area contributed by atoms with Crippen LogP contribution in [0.3, 0.4) is 0 Å². The number of nitrogens with one attached hydrogen (secondary N) is 1. The molecule has 2 aromatic rings. The number of sulfone groups is 1. The van der Waals surface area contributed by atoms with Gasteiger partial charge in [-0.1, -0.05) is 0 Å². The second kappa shape index (κ2) is 7.63. The molecule has 0 spiro atoms. The van der Waals surface area contributed by atoms with Crippen LogP contribution in [0.1, 0.15) is 24.6 Å². The molecule has 1 fully saturated rings. The number of hydrogen-bond donors (Lipinski definition) is 2.